The van der Waals surface area contributed by atoms with E-state index in [1.807, 2.05) is 61.5 Å². The van der Waals surface area contributed by atoms with Crippen LogP contribution in [0.1, 0.15) is 24.8 Å². The largest absolute Gasteiger partial charge is 0.497 e. The lowest BCUT2D eigenvalue weighted by Gasteiger charge is -2.36. The Balaban J connectivity index is 1.47. The van der Waals surface area contributed by atoms with Crippen LogP contribution < -0.4 is 9.64 Å². The second-order valence-electron chi connectivity index (χ2n) is 7.05. The fourth-order valence-corrected chi connectivity index (χ4v) is 3.56. The molecule has 0 spiro atoms. The summed E-state index contributed by atoms with van der Waals surface area (Å²) in [6, 6.07) is 17.4. The van der Waals surface area contributed by atoms with Crippen molar-refractivity contribution in [2.75, 3.05) is 44.8 Å². The highest BCUT2D eigenvalue weighted by Crippen LogP contribution is 2.22. The quantitative estimate of drug-likeness (QED) is 0.673. The van der Waals surface area contributed by atoms with Crippen molar-refractivity contribution in [3.63, 3.8) is 0 Å². The van der Waals surface area contributed by atoms with Gasteiger partial charge in [0.1, 0.15) is 5.75 Å². The number of nitrogens with zero attached hydrogens (tertiary/aromatic N) is 2. The molecule has 0 N–H and O–H groups in total. The van der Waals surface area contributed by atoms with Crippen molar-refractivity contribution in [2.24, 2.45) is 0 Å². The van der Waals surface area contributed by atoms with Gasteiger partial charge in [-0.2, -0.15) is 0 Å². The monoisotopic (exact) mass is 396 g/mol. The van der Waals surface area contributed by atoms with Crippen molar-refractivity contribution >= 4 is 17.6 Å². The van der Waals surface area contributed by atoms with E-state index in [1.54, 1.807) is 12.0 Å². The summed E-state index contributed by atoms with van der Waals surface area (Å²) < 4.78 is 10.5. The minimum Gasteiger partial charge on any atom is -0.497 e. The zero-order valence-corrected chi connectivity index (χ0v) is 17.0. The molecule has 0 aromatic heterocycles. The fourth-order valence-electron chi connectivity index (χ4n) is 3.56. The van der Waals surface area contributed by atoms with Gasteiger partial charge in [-0.3, -0.25) is 9.59 Å². The summed E-state index contributed by atoms with van der Waals surface area (Å²) in [7, 11) is 1.65. The lowest BCUT2D eigenvalue weighted by atomic mass is 9.97. The van der Waals surface area contributed by atoms with Gasteiger partial charge in [0.25, 0.3) is 5.91 Å². The standard InChI is InChI=1S/C23H28N2O4/c1-3-21(18-7-5-4-6-8-18)23(27)29-17-22(26)25-15-13-24(14-16-25)19-9-11-20(28-2)12-10-19/h4-12,21H,3,13-17H2,1-2H3/t21-/m1/s1. The van der Waals surface area contributed by atoms with Gasteiger partial charge in [0, 0.05) is 31.9 Å². The van der Waals surface area contributed by atoms with E-state index in [4.69, 9.17) is 9.47 Å². The summed E-state index contributed by atoms with van der Waals surface area (Å²) in [5.41, 5.74) is 2.03. The van der Waals surface area contributed by atoms with Crippen LogP contribution in [0.4, 0.5) is 5.69 Å². The lowest BCUT2D eigenvalue weighted by Crippen LogP contribution is -2.50. The smallest absolute Gasteiger partial charge is 0.313 e. The molecule has 1 aliphatic rings. The van der Waals surface area contributed by atoms with E-state index in [0.717, 1.165) is 30.1 Å². The predicted molar refractivity (Wildman–Crippen MR) is 112 cm³/mol. The molecule has 0 unspecified atom stereocenters. The number of hydrogen-bond donors (Lipinski definition) is 0. The van der Waals surface area contributed by atoms with Crippen molar-refractivity contribution in [3.8, 4) is 5.75 Å². The van der Waals surface area contributed by atoms with Crippen LogP contribution in [0, 0.1) is 0 Å². The second-order valence-corrected chi connectivity index (χ2v) is 7.05. The minimum absolute atomic E-state index is 0.143. The fraction of sp³-hybridized carbons (Fsp3) is 0.391. The van der Waals surface area contributed by atoms with Crippen molar-refractivity contribution < 1.29 is 19.1 Å². The van der Waals surface area contributed by atoms with Gasteiger partial charge in [0.15, 0.2) is 6.61 Å². The number of amides is 1. The summed E-state index contributed by atoms with van der Waals surface area (Å²) >= 11 is 0. The van der Waals surface area contributed by atoms with Crippen molar-refractivity contribution in [1.82, 2.24) is 4.90 Å². The maximum atomic E-state index is 12.5. The van der Waals surface area contributed by atoms with Gasteiger partial charge in [0.2, 0.25) is 0 Å². The maximum absolute atomic E-state index is 12.5. The molecule has 0 radical (unpaired) electrons. The molecule has 0 bridgehead atoms. The number of esters is 1. The average Bonchev–Trinajstić information content (AvgIpc) is 2.79. The molecule has 3 rings (SSSR count). The van der Waals surface area contributed by atoms with Gasteiger partial charge in [-0.05, 0) is 36.2 Å². The molecular formula is C23H28N2O4. The first-order valence-corrected chi connectivity index (χ1v) is 10.0. The molecule has 2 aromatic carbocycles. The highest BCUT2D eigenvalue weighted by molar-refractivity contribution is 5.83. The van der Waals surface area contributed by atoms with E-state index in [1.165, 1.54) is 0 Å². The molecular weight excluding hydrogens is 368 g/mol. The number of piperazine rings is 1. The third-order valence-corrected chi connectivity index (χ3v) is 5.30. The van der Waals surface area contributed by atoms with Crippen LogP contribution >= 0.6 is 0 Å². The Labute approximate surface area is 172 Å². The molecule has 1 amide bonds. The van der Waals surface area contributed by atoms with Crippen molar-refractivity contribution in [2.45, 2.75) is 19.3 Å². The summed E-state index contributed by atoms with van der Waals surface area (Å²) in [6.45, 7) is 4.45. The highest BCUT2D eigenvalue weighted by atomic mass is 16.5. The number of anilines is 1. The topological polar surface area (TPSA) is 59.1 Å². The van der Waals surface area contributed by atoms with Crippen molar-refractivity contribution in [1.29, 1.82) is 0 Å². The first-order chi connectivity index (χ1) is 14.1. The number of carbonyl (C=O) groups is 2. The third-order valence-electron chi connectivity index (χ3n) is 5.30. The Kier molecular flexibility index (Phi) is 7.11. The summed E-state index contributed by atoms with van der Waals surface area (Å²) in [5.74, 6) is 0.000694. The van der Waals surface area contributed by atoms with Crippen LogP contribution in [0.5, 0.6) is 5.75 Å². The predicted octanol–water partition coefficient (Wildman–Crippen LogP) is 3.08. The van der Waals surface area contributed by atoms with E-state index in [2.05, 4.69) is 4.90 Å². The number of methoxy groups -OCH3 is 1. The Bertz CT molecular complexity index is 799. The highest BCUT2D eigenvalue weighted by Gasteiger charge is 2.25. The SMILES string of the molecule is CC[C@@H](C(=O)OCC(=O)N1CCN(c2ccc(OC)cc2)CC1)c1ccccc1. The van der Waals surface area contributed by atoms with E-state index in [0.29, 0.717) is 19.5 Å². The molecule has 1 saturated heterocycles. The molecule has 0 saturated carbocycles. The molecule has 1 heterocycles. The van der Waals surface area contributed by atoms with Crippen LogP contribution in [0.2, 0.25) is 0 Å². The maximum Gasteiger partial charge on any atom is 0.313 e. The van der Waals surface area contributed by atoms with Crippen LogP contribution in [0.25, 0.3) is 0 Å². The zero-order chi connectivity index (χ0) is 20.6. The molecule has 154 valence electrons. The van der Waals surface area contributed by atoms with E-state index in [-0.39, 0.29) is 24.4 Å². The number of ether oxygens (including phenoxy) is 2. The van der Waals surface area contributed by atoms with Gasteiger partial charge >= 0.3 is 5.97 Å². The van der Waals surface area contributed by atoms with Gasteiger partial charge in [-0.1, -0.05) is 37.3 Å². The van der Waals surface area contributed by atoms with Crippen LogP contribution in [0.15, 0.2) is 54.6 Å². The average molecular weight is 396 g/mol. The number of hydrogen-bond acceptors (Lipinski definition) is 5. The summed E-state index contributed by atoms with van der Waals surface area (Å²) in [5, 5.41) is 0. The van der Waals surface area contributed by atoms with Gasteiger partial charge in [-0.25, -0.2) is 0 Å². The molecule has 29 heavy (non-hydrogen) atoms. The molecule has 2 aromatic rings. The minimum atomic E-state index is -0.344. The van der Waals surface area contributed by atoms with Crippen LogP contribution in [-0.4, -0.2) is 56.7 Å². The molecule has 1 atom stereocenters. The number of carbonyl (C=O) groups excluding carboxylic acids is 2. The summed E-state index contributed by atoms with van der Waals surface area (Å²) in [4.78, 5) is 28.9. The second kappa shape index (κ2) is 9.96. The Morgan fingerprint density at radius 2 is 1.62 bits per heavy atom. The van der Waals surface area contributed by atoms with Gasteiger partial charge in [0.05, 0.1) is 13.0 Å². The third kappa shape index (κ3) is 5.28. The first-order valence-electron chi connectivity index (χ1n) is 10.0. The first kappa shape index (κ1) is 20.7. The van der Waals surface area contributed by atoms with Gasteiger partial charge in [-0.15, -0.1) is 0 Å². The number of benzene rings is 2. The van der Waals surface area contributed by atoms with E-state index < -0.39 is 0 Å². The van der Waals surface area contributed by atoms with Crippen LogP contribution in [0.3, 0.4) is 0 Å². The molecule has 1 fully saturated rings. The lowest BCUT2D eigenvalue weighted by molar-refractivity contribution is -0.153. The van der Waals surface area contributed by atoms with Gasteiger partial charge < -0.3 is 19.3 Å². The van der Waals surface area contributed by atoms with E-state index >= 15 is 0 Å². The molecule has 1 aliphatic heterocycles. The van der Waals surface area contributed by atoms with Crippen LogP contribution in [-0.2, 0) is 14.3 Å². The molecule has 6 nitrogen and oxygen atoms in total. The Morgan fingerprint density at radius 1 is 0.966 bits per heavy atom. The Morgan fingerprint density at radius 3 is 2.21 bits per heavy atom. The molecule has 6 heteroatoms. The van der Waals surface area contributed by atoms with E-state index in [9.17, 15) is 9.59 Å². The Hall–Kier alpha value is -3.02. The molecule has 0 aliphatic carbocycles. The van der Waals surface area contributed by atoms with Crippen molar-refractivity contribution in [3.05, 3.63) is 60.2 Å². The number of rotatable bonds is 7. The normalized spacial score (nSPS) is 15.0. The summed E-state index contributed by atoms with van der Waals surface area (Å²) in [6.07, 6.45) is 0.636. The zero-order valence-electron chi connectivity index (χ0n) is 17.0.